The van der Waals surface area contributed by atoms with E-state index in [2.05, 4.69) is 31.8 Å². The minimum absolute atomic E-state index is 0.0779. The van der Waals surface area contributed by atoms with Crippen LogP contribution in [0.3, 0.4) is 0 Å². The second-order valence-corrected chi connectivity index (χ2v) is 5.67. The number of amides is 2. The van der Waals surface area contributed by atoms with Crippen LogP contribution in [0.1, 0.15) is 18.4 Å². The number of hydrogen-bond acceptors (Lipinski definition) is 3. The summed E-state index contributed by atoms with van der Waals surface area (Å²) in [6.45, 7) is 0. The lowest BCUT2D eigenvalue weighted by Gasteiger charge is -2.04. The number of anilines is 1. The lowest BCUT2D eigenvalue weighted by Crippen LogP contribution is -2.20. The maximum Gasteiger partial charge on any atom is 0.240 e. The van der Waals surface area contributed by atoms with E-state index in [0.717, 1.165) is 10.0 Å². The molecule has 0 saturated carbocycles. The number of carbonyl (C=O) groups is 2. The van der Waals surface area contributed by atoms with Gasteiger partial charge >= 0.3 is 0 Å². The van der Waals surface area contributed by atoms with E-state index in [1.165, 1.54) is 0 Å². The van der Waals surface area contributed by atoms with Crippen molar-refractivity contribution in [3.63, 3.8) is 0 Å². The molecule has 2 aromatic carbocycles. The van der Waals surface area contributed by atoms with Crippen LogP contribution in [-0.2, 0) is 9.59 Å². The zero-order valence-corrected chi connectivity index (χ0v) is 13.9. The Balaban J connectivity index is 1.70. The van der Waals surface area contributed by atoms with E-state index in [4.69, 9.17) is 0 Å². The molecule has 2 amide bonds. The third kappa shape index (κ3) is 6.44. The molecule has 0 spiro atoms. The normalized spacial score (nSPS) is 10.5. The second kappa shape index (κ2) is 8.85. The first-order valence-electron chi connectivity index (χ1n) is 7.06. The summed E-state index contributed by atoms with van der Waals surface area (Å²) < 4.78 is 0.936. The summed E-state index contributed by atoms with van der Waals surface area (Å²) >= 11 is 3.32. The Labute approximate surface area is 142 Å². The van der Waals surface area contributed by atoms with Gasteiger partial charge in [-0.3, -0.25) is 9.59 Å². The first-order chi connectivity index (χ1) is 11.1. The van der Waals surface area contributed by atoms with E-state index in [0.29, 0.717) is 5.69 Å². The minimum atomic E-state index is -0.303. The van der Waals surface area contributed by atoms with Gasteiger partial charge in [0.15, 0.2) is 0 Å². The average molecular weight is 374 g/mol. The summed E-state index contributed by atoms with van der Waals surface area (Å²) in [4.78, 5) is 23.4. The molecule has 118 valence electrons. The van der Waals surface area contributed by atoms with E-state index in [-0.39, 0.29) is 24.7 Å². The molecule has 0 aliphatic carbocycles. The summed E-state index contributed by atoms with van der Waals surface area (Å²) in [5, 5.41) is 6.58. The monoisotopic (exact) mass is 373 g/mol. The molecule has 0 aromatic heterocycles. The number of carbonyl (C=O) groups excluding carboxylic acids is 2. The molecule has 2 aromatic rings. The third-order valence-electron chi connectivity index (χ3n) is 2.91. The van der Waals surface area contributed by atoms with Crippen molar-refractivity contribution in [2.45, 2.75) is 12.8 Å². The van der Waals surface area contributed by atoms with Crippen molar-refractivity contribution in [3.05, 3.63) is 64.6 Å². The van der Waals surface area contributed by atoms with Gasteiger partial charge in [-0.25, -0.2) is 5.43 Å². The average Bonchev–Trinajstić information content (AvgIpc) is 2.56. The van der Waals surface area contributed by atoms with Crippen molar-refractivity contribution >= 4 is 39.6 Å². The highest BCUT2D eigenvalue weighted by Crippen LogP contribution is 2.14. The molecule has 23 heavy (non-hydrogen) atoms. The number of hydrogen-bond donors (Lipinski definition) is 2. The number of hydrazone groups is 1. The Kier molecular flexibility index (Phi) is 6.50. The molecule has 0 aliphatic heterocycles. The van der Waals surface area contributed by atoms with Crippen LogP contribution in [0.5, 0.6) is 0 Å². The van der Waals surface area contributed by atoms with Crippen LogP contribution in [0.15, 0.2) is 64.2 Å². The molecule has 0 radical (unpaired) electrons. The van der Waals surface area contributed by atoms with Crippen molar-refractivity contribution in [2.75, 3.05) is 5.32 Å². The molecular weight excluding hydrogens is 358 g/mol. The topological polar surface area (TPSA) is 70.6 Å². The van der Waals surface area contributed by atoms with Crippen LogP contribution in [0.4, 0.5) is 5.69 Å². The Morgan fingerprint density at radius 2 is 1.61 bits per heavy atom. The Bertz CT molecular complexity index is 685. The number of halogens is 1. The molecule has 0 bridgehead atoms. The van der Waals surface area contributed by atoms with Crippen molar-refractivity contribution in [1.82, 2.24) is 5.43 Å². The smallest absolute Gasteiger partial charge is 0.240 e. The minimum Gasteiger partial charge on any atom is -0.326 e. The lowest BCUT2D eigenvalue weighted by molar-refractivity contribution is -0.124. The highest BCUT2D eigenvalue weighted by atomic mass is 79.9. The number of benzene rings is 2. The van der Waals surface area contributed by atoms with Crippen molar-refractivity contribution in [2.24, 2.45) is 5.10 Å². The summed E-state index contributed by atoms with van der Waals surface area (Å²) in [6, 6.07) is 16.7. The van der Waals surface area contributed by atoms with Crippen LogP contribution in [0, 0.1) is 0 Å². The van der Waals surface area contributed by atoms with Gasteiger partial charge in [-0.1, -0.05) is 46.3 Å². The fourth-order valence-electron chi connectivity index (χ4n) is 1.76. The van der Waals surface area contributed by atoms with E-state index >= 15 is 0 Å². The predicted octanol–water partition coefficient (Wildman–Crippen LogP) is 3.32. The molecule has 2 N–H and O–H groups in total. The zero-order chi connectivity index (χ0) is 16.5. The molecule has 0 saturated heterocycles. The fraction of sp³-hybridized carbons (Fsp3) is 0.118. The van der Waals surface area contributed by atoms with Gasteiger partial charge in [0, 0.05) is 23.0 Å². The summed E-state index contributed by atoms with van der Waals surface area (Å²) in [6.07, 6.45) is 1.73. The summed E-state index contributed by atoms with van der Waals surface area (Å²) in [5.41, 5.74) is 3.99. The summed E-state index contributed by atoms with van der Waals surface area (Å²) in [7, 11) is 0. The maximum atomic E-state index is 11.8. The van der Waals surface area contributed by atoms with Gasteiger partial charge in [0.2, 0.25) is 11.8 Å². The predicted molar refractivity (Wildman–Crippen MR) is 94.2 cm³/mol. The number of rotatable bonds is 6. The molecule has 0 unspecified atom stereocenters. The van der Waals surface area contributed by atoms with E-state index in [1.54, 1.807) is 18.3 Å². The van der Waals surface area contributed by atoms with Crippen LogP contribution < -0.4 is 10.7 Å². The highest BCUT2D eigenvalue weighted by Gasteiger charge is 2.06. The van der Waals surface area contributed by atoms with Gasteiger partial charge in [0.1, 0.15) is 0 Å². The zero-order valence-electron chi connectivity index (χ0n) is 12.3. The van der Waals surface area contributed by atoms with Gasteiger partial charge in [0.05, 0.1) is 6.21 Å². The number of nitrogens with one attached hydrogen (secondary N) is 2. The van der Waals surface area contributed by atoms with Crippen LogP contribution in [0.2, 0.25) is 0 Å². The van der Waals surface area contributed by atoms with Crippen molar-refractivity contribution in [3.8, 4) is 0 Å². The maximum absolute atomic E-state index is 11.8. The molecule has 0 fully saturated rings. The molecule has 0 atom stereocenters. The second-order valence-electron chi connectivity index (χ2n) is 4.76. The Morgan fingerprint density at radius 1 is 0.957 bits per heavy atom. The lowest BCUT2D eigenvalue weighted by atomic mass is 10.2. The highest BCUT2D eigenvalue weighted by molar-refractivity contribution is 9.10. The van der Waals surface area contributed by atoms with Crippen LogP contribution >= 0.6 is 15.9 Å². The standard InChI is InChI=1S/C17H16BrN3O2/c18-14-6-8-15(9-7-14)20-16(22)10-11-17(23)21-19-12-13-4-2-1-3-5-13/h1-9,12H,10-11H2,(H,20,22)(H,21,23)/b19-12-. The SMILES string of the molecule is O=C(CCC(=O)Nc1ccc(Br)cc1)N/N=C\c1ccccc1. The number of nitrogens with zero attached hydrogens (tertiary/aromatic N) is 1. The van der Waals surface area contributed by atoms with Gasteiger partial charge in [-0.15, -0.1) is 0 Å². The fourth-order valence-corrected chi connectivity index (χ4v) is 2.02. The first-order valence-corrected chi connectivity index (χ1v) is 7.85. The van der Waals surface area contributed by atoms with Gasteiger partial charge in [-0.2, -0.15) is 5.10 Å². The quantitative estimate of drug-likeness (QED) is 0.602. The summed E-state index contributed by atoms with van der Waals surface area (Å²) in [5.74, 6) is -0.516. The van der Waals surface area contributed by atoms with Crippen molar-refractivity contribution in [1.29, 1.82) is 0 Å². The molecular formula is C17H16BrN3O2. The van der Waals surface area contributed by atoms with Crippen LogP contribution in [-0.4, -0.2) is 18.0 Å². The molecule has 5 nitrogen and oxygen atoms in total. The van der Waals surface area contributed by atoms with Crippen LogP contribution in [0.25, 0.3) is 0 Å². The van der Waals surface area contributed by atoms with E-state index < -0.39 is 0 Å². The Hall–Kier alpha value is -2.47. The molecule has 0 aliphatic rings. The van der Waals surface area contributed by atoms with Gasteiger partial charge in [-0.05, 0) is 29.8 Å². The largest absolute Gasteiger partial charge is 0.326 e. The molecule has 0 heterocycles. The van der Waals surface area contributed by atoms with Gasteiger partial charge in [0.25, 0.3) is 0 Å². The first kappa shape index (κ1) is 16.9. The van der Waals surface area contributed by atoms with E-state index in [9.17, 15) is 9.59 Å². The molecule has 6 heteroatoms. The van der Waals surface area contributed by atoms with Gasteiger partial charge < -0.3 is 5.32 Å². The Morgan fingerprint density at radius 3 is 2.30 bits per heavy atom. The van der Waals surface area contributed by atoms with E-state index in [1.807, 2.05) is 42.5 Å². The third-order valence-corrected chi connectivity index (χ3v) is 3.44. The van der Waals surface area contributed by atoms with Crippen molar-refractivity contribution < 1.29 is 9.59 Å². The molecule has 2 rings (SSSR count).